The minimum absolute atomic E-state index is 0.664. The van der Waals surface area contributed by atoms with E-state index >= 15 is 0 Å². The molecule has 1 N–H and O–H groups in total. The molecule has 0 aromatic carbocycles. The maximum Gasteiger partial charge on any atom is 0.185 e. The van der Waals surface area contributed by atoms with Crippen molar-refractivity contribution in [1.29, 1.82) is 0 Å². The van der Waals surface area contributed by atoms with Gasteiger partial charge in [-0.2, -0.15) is 0 Å². The predicted molar refractivity (Wildman–Crippen MR) is 80.9 cm³/mol. The van der Waals surface area contributed by atoms with Crippen LogP contribution < -0.4 is 10.2 Å². The van der Waals surface area contributed by atoms with Crippen molar-refractivity contribution >= 4 is 16.5 Å². The van der Waals surface area contributed by atoms with Gasteiger partial charge in [0.25, 0.3) is 0 Å². The molecule has 1 aliphatic carbocycles. The van der Waals surface area contributed by atoms with Crippen molar-refractivity contribution in [3.05, 3.63) is 11.1 Å². The third kappa shape index (κ3) is 3.46. The summed E-state index contributed by atoms with van der Waals surface area (Å²) < 4.78 is 0. The highest BCUT2D eigenvalue weighted by molar-refractivity contribution is 7.15. The maximum atomic E-state index is 4.59. The van der Waals surface area contributed by atoms with Crippen LogP contribution >= 0.6 is 11.3 Å². The minimum Gasteiger partial charge on any atom is -0.346 e. The predicted octanol–water partition coefficient (Wildman–Crippen LogP) is 1.93. The number of piperazine rings is 1. The second-order valence-electron chi connectivity index (χ2n) is 5.88. The summed E-state index contributed by atoms with van der Waals surface area (Å²) in [5.41, 5.74) is 0. The zero-order valence-electron chi connectivity index (χ0n) is 11.9. The molecule has 1 saturated carbocycles. The van der Waals surface area contributed by atoms with E-state index in [4.69, 9.17) is 0 Å². The molecule has 3 rings (SSSR count). The van der Waals surface area contributed by atoms with Crippen molar-refractivity contribution in [2.45, 2.75) is 45.3 Å². The van der Waals surface area contributed by atoms with E-state index in [-0.39, 0.29) is 0 Å². The molecule has 1 saturated heterocycles. The molecule has 0 radical (unpaired) electrons. The molecule has 0 spiro atoms. The van der Waals surface area contributed by atoms with Crippen molar-refractivity contribution in [2.75, 3.05) is 31.1 Å². The van der Waals surface area contributed by atoms with Crippen LogP contribution in [0.5, 0.6) is 0 Å². The highest BCUT2D eigenvalue weighted by Gasteiger charge is 2.22. The van der Waals surface area contributed by atoms with E-state index < -0.39 is 0 Å². The van der Waals surface area contributed by atoms with Crippen molar-refractivity contribution in [1.82, 2.24) is 15.2 Å². The summed E-state index contributed by atoms with van der Waals surface area (Å²) in [5.74, 6) is 0. The molecule has 5 heteroatoms. The zero-order valence-corrected chi connectivity index (χ0v) is 12.7. The lowest BCUT2D eigenvalue weighted by atomic mass is 10.2. The molecule has 2 aliphatic rings. The van der Waals surface area contributed by atoms with Crippen LogP contribution in [-0.2, 0) is 6.54 Å². The van der Waals surface area contributed by atoms with Gasteiger partial charge in [-0.15, -0.1) is 11.3 Å². The van der Waals surface area contributed by atoms with E-state index in [9.17, 15) is 0 Å². The number of rotatable bonds is 5. The Bertz CT molecular complexity index is 405. The summed E-state index contributed by atoms with van der Waals surface area (Å²) in [4.78, 5) is 10.9. The topological polar surface area (TPSA) is 31.4 Å². The Morgan fingerprint density at radius 2 is 2.05 bits per heavy atom. The second-order valence-corrected chi connectivity index (χ2v) is 6.97. The number of aromatic nitrogens is 1. The molecule has 1 aromatic heterocycles. The van der Waals surface area contributed by atoms with Gasteiger partial charge >= 0.3 is 0 Å². The Morgan fingerprint density at radius 3 is 2.68 bits per heavy atom. The Labute approximate surface area is 119 Å². The number of anilines is 1. The molecule has 2 heterocycles. The van der Waals surface area contributed by atoms with Crippen LogP contribution in [0.3, 0.4) is 0 Å². The lowest BCUT2D eigenvalue weighted by molar-refractivity contribution is 0.209. The summed E-state index contributed by atoms with van der Waals surface area (Å²) in [6.07, 6.45) is 4.75. The highest BCUT2D eigenvalue weighted by atomic mass is 32.1. The highest BCUT2D eigenvalue weighted by Crippen LogP contribution is 2.25. The van der Waals surface area contributed by atoms with Crippen molar-refractivity contribution in [2.24, 2.45) is 0 Å². The van der Waals surface area contributed by atoms with Gasteiger partial charge in [0, 0.05) is 55.9 Å². The fraction of sp³-hybridized carbons (Fsp3) is 0.786. The minimum atomic E-state index is 0.664. The third-order valence-electron chi connectivity index (χ3n) is 4.00. The van der Waals surface area contributed by atoms with Crippen LogP contribution in [0.1, 0.15) is 31.6 Å². The maximum absolute atomic E-state index is 4.59. The van der Waals surface area contributed by atoms with Crippen LogP contribution in [0, 0.1) is 0 Å². The fourth-order valence-corrected chi connectivity index (χ4v) is 3.40. The standard InChI is InChI=1S/C14H24N4S/c1-11(2)17-5-7-18(8-6-17)14-16-10-13(19-14)9-15-12-3-4-12/h10-12,15H,3-9H2,1-2H3. The molecular formula is C14H24N4S. The monoisotopic (exact) mass is 280 g/mol. The number of hydrogen-bond donors (Lipinski definition) is 1. The first kappa shape index (κ1) is 13.3. The Kier molecular flexibility index (Phi) is 4.05. The van der Waals surface area contributed by atoms with Gasteiger partial charge < -0.3 is 10.2 Å². The average molecular weight is 280 g/mol. The van der Waals surface area contributed by atoms with Gasteiger partial charge in [-0.25, -0.2) is 4.98 Å². The van der Waals surface area contributed by atoms with Crippen molar-refractivity contribution in [3.63, 3.8) is 0 Å². The van der Waals surface area contributed by atoms with Gasteiger partial charge in [0.1, 0.15) is 0 Å². The Morgan fingerprint density at radius 1 is 1.32 bits per heavy atom. The van der Waals surface area contributed by atoms with E-state index in [0.29, 0.717) is 6.04 Å². The van der Waals surface area contributed by atoms with Gasteiger partial charge in [0.2, 0.25) is 0 Å². The molecule has 1 aromatic rings. The van der Waals surface area contributed by atoms with Gasteiger partial charge in [-0.3, -0.25) is 4.90 Å². The summed E-state index contributed by atoms with van der Waals surface area (Å²) in [6, 6.07) is 1.44. The number of nitrogens with zero attached hydrogens (tertiary/aromatic N) is 3. The first-order valence-corrected chi connectivity index (χ1v) is 8.21. The van der Waals surface area contributed by atoms with Gasteiger partial charge in [-0.05, 0) is 26.7 Å². The van der Waals surface area contributed by atoms with Gasteiger partial charge in [0.15, 0.2) is 5.13 Å². The normalized spacial score (nSPS) is 21.3. The number of thiazole rings is 1. The lowest BCUT2D eigenvalue weighted by Gasteiger charge is -2.36. The zero-order chi connectivity index (χ0) is 13.2. The molecule has 4 nitrogen and oxygen atoms in total. The Hall–Kier alpha value is -0.650. The van der Waals surface area contributed by atoms with Crippen LogP contribution in [0.2, 0.25) is 0 Å². The van der Waals surface area contributed by atoms with Crippen molar-refractivity contribution in [3.8, 4) is 0 Å². The first-order valence-electron chi connectivity index (χ1n) is 7.39. The average Bonchev–Trinajstić information content (AvgIpc) is 3.13. The summed E-state index contributed by atoms with van der Waals surface area (Å²) in [7, 11) is 0. The SMILES string of the molecule is CC(C)N1CCN(c2ncc(CNC3CC3)s2)CC1. The Balaban J connectivity index is 1.51. The second kappa shape index (κ2) is 5.77. The number of hydrogen-bond acceptors (Lipinski definition) is 5. The molecule has 0 bridgehead atoms. The summed E-state index contributed by atoms with van der Waals surface area (Å²) >= 11 is 1.85. The van der Waals surface area contributed by atoms with Gasteiger partial charge in [0.05, 0.1) is 0 Å². The van der Waals surface area contributed by atoms with E-state index in [2.05, 4.69) is 33.9 Å². The summed E-state index contributed by atoms with van der Waals surface area (Å²) in [6.45, 7) is 10.1. The van der Waals surface area contributed by atoms with E-state index in [1.165, 1.54) is 22.9 Å². The molecule has 19 heavy (non-hydrogen) atoms. The van der Waals surface area contributed by atoms with Crippen LogP contribution in [0.15, 0.2) is 6.20 Å². The van der Waals surface area contributed by atoms with E-state index in [1.807, 2.05) is 17.5 Å². The smallest absolute Gasteiger partial charge is 0.185 e. The molecule has 106 valence electrons. The molecule has 1 aliphatic heterocycles. The molecule has 0 atom stereocenters. The molecule has 0 amide bonds. The third-order valence-corrected chi connectivity index (χ3v) is 5.06. The number of nitrogens with one attached hydrogen (secondary N) is 1. The van der Waals surface area contributed by atoms with Crippen LogP contribution in [-0.4, -0.2) is 48.1 Å². The van der Waals surface area contributed by atoms with Crippen molar-refractivity contribution < 1.29 is 0 Å². The van der Waals surface area contributed by atoms with Crippen LogP contribution in [0.4, 0.5) is 5.13 Å². The van der Waals surface area contributed by atoms with Gasteiger partial charge in [-0.1, -0.05) is 0 Å². The largest absolute Gasteiger partial charge is 0.346 e. The molecular weight excluding hydrogens is 256 g/mol. The molecule has 2 fully saturated rings. The van der Waals surface area contributed by atoms with E-state index in [1.54, 1.807) is 0 Å². The fourth-order valence-electron chi connectivity index (χ4n) is 2.49. The first-order chi connectivity index (χ1) is 9.22. The quantitative estimate of drug-likeness (QED) is 0.893. The van der Waals surface area contributed by atoms with E-state index in [0.717, 1.165) is 38.8 Å². The molecule has 0 unspecified atom stereocenters. The summed E-state index contributed by atoms with van der Waals surface area (Å²) in [5, 5.41) is 4.76. The lowest BCUT2D eigenvalue weighted by Crippen LogP contribution is -2.48. The van der Waals surface area contributed by atoms with Crippen LogP contribution in [0.25, 0.3) is 0 Å².